The van der Waals surface area contributed by atoms with Gasteiger partial charge in [0.25, 0.3) is 0 Å². The molecule has 0 aromatic rings. The highest BCUT2D eigenvalue weighted by Crippen LogP contribution is 2.55. The van der Waals surface area contributed by atoms with Gasteiger partial charge >= 0.3 is 6.15 Å². The molecule has 3 aliphatic heterocycles. The molecule has 140 valence electrons. The SMILES string of the molecule is CC[C@H]1CC[C@@H]2O[C@@H]3C[C@]2(C[C@H]2OC4(CCCCC4)OC32)O1.O=C=O. The van der Waals surface area contributed by atoms with Crippen LogP contribution in [0.5, 0.6) is 0 Å². The van der Waals surface area contributed by atoms with Crippen molar-refractivity contribution < 1.29 is 28.5 Å². The average molecular weight is 352 g/mol. The van der Waals surface area contributed by atoms with Crippen LogP contribution in [-0.4, -0.2) is 48.1 Å². The van der Waals surface area contributed by atoms with Crippen molar-refractivity contribution in [2.45, 2.75) is 113 Å². The van der Waals surface area contributed by atoms with Gasteiger partial charge in [0, 0.05) is 25.7 Å². The first kappa shape index (κ1) is 17.6. The summed E-state index contributed by atoms with van der Waals surface area (Å²) in [6.07, 6.45) is 12.7. The Hall–Kier alpha value is -0.780. The molecule has 0 amide bonds. The standard InChI is InChI=1S/C18H28O4.CO2/c1-2-12-6-7-15-17(20-12)10-13(19-15)16-14(11-17)21-18(22-16)8-4-3-5-9-18;2-1-3/h12-16H,2-11H2,1H3;/t12-,13+,14+,15-,16?,17+;/m0./s1. The molecule has 0 aromatic carbocycles. The summed E-state index contributed by atoms with van der Waals surface area (Å²) in [7, 11) is 0. The van der Waals surface area contributed by atoms with Gasteiger partial charge in [0.15, 0.2) is 5.79 Å². The highest BCUT2D eigenvalue weighted by atomic mass is 16.8. The van der Waals surface area contributed by atoms with E-state index in [0.717, 1.165) is 44.9 Å². The molecule has 5 fully saturated rings. The predicted octanol–water partition coefficient (Wildman–Crippen LogP) is 2.74. The van der Waals surface area contributed by atoms with Crippen LogP contribution in [0.3, 0.4) is 0 Å². The Morgan fingerprint density at radius 2 is 1.68 bits per heavy atom. The topological polar surface area (TPSA) is 71.1 Å². The fourth-order valence-corrected chi connectivity index (χ4v) is 5.62. The molecular formula is C19H28O6. The molecule has 6 atom stereocenters. The molecule has 3 saturated heterocycles. The second-order valence-corrected chi connectivity index (χ2v) is 8.16. The minimum absolute atomic E-state index is 0.0890. The van der Waals surface area contributed by atoms with E-state index >= 15 is 0 Å². The largest absolute Gasteiger partial charge is 0.373 e. The Bertz CT molecular complexity index is 524. The van der Waals surface area contributed by atoms with Crippen LogP contribution in [0, 0.1) is 0 Å². The highest BCUT2D eigenvalue weighted by molar-refractivity contribution is 5.20. The third-order valence-corrected chi connectivity index (χ3v) is 6.69. The maximum Gasteiger partial charge on any atom is 0.373 e. The van der Waals surface area contributed by atoms with Crippen molar-refractivity contribution in [2.24, 2.45) is 0 Å². The van der Waals surface area contributed by atoms with E-state index in [-0.39, 0.29) is 42.0 Å². The summed E-state index contributed by atoms with van der Waals surface area (Å²) in [4.78, 5) is 16.2. The molecule has 2 saturated carbocycles. The molecule has 1 unspecified atom stereocenters. The monoisotopic (exact) mass is 352 g/mol. The Balaban J connectivity index is 0.000000490. The summed E-state index contributed by atoms with van der Waals surface area (Å²) in [5.74, 6) is -0.299. The lowest BCUT2D eigenvalue weighted by Crippen LogP contribution is -2.53. The van der Waals surface area contributed by atoms with Crippen LogP contribution >= 0.6 is 0 Å². The van der Waals surface area contributed by atoms with Crippen LogP contribution in [-0.2, 0) is 28.5 Å². The van der Waals surface area contributed by atoms with E-state index in [1.165, 1.54) is 19.3 Å². The Labute approximate surface area is 148 Å². The number of hydrogen-bond donors (Lipinski definition) is 0. The first-order chi connectivity index (χ1) is 12.1. The van der Waals surface area contributed by atoms with Crippen molar-refractivity contribution in [2.75, 3.05) is 0 Å². The minimum Gasteiger partial charge on any atom is -0.369 e. The summed E-state index contributed by atoms with van der Waals surface area (Å²) in [5, 5.41) is 0. The number of ether oxygens (including phenoxy) is 4. The zero-order valence-corrected chi connectivity index (χ0v) is 14.9. The predicted molar refractivity (Wildman–Crippen MR) is 85.6 cm³/mol. The minimum atomic E-state index is -0.299. The molecule has 5 aliphatic rings. The van der Waals surface area contributed by atoms with Gasteiger partial charge < -0.3 is 18.9 Å². The summed E-state index contributed by atoms with van der Waals surface area (Å²) >= 11 is 0. The molecule has 25 heavy (non-hydrogen) atoms. The van der Waals surface area contributed by atoms with Crippen molar-refractivity contribution in [1.82, 2.24) is 0 Å². The van der Waals surface area contributed by atoms with Gasteiger partial charge in [0.1, 0.15) is 6.10 Å². The van der Waals surface area contributed by atoms with Gasteiger partial charge in [-0.25, -0.2) is 0 Å². The Kier molecular flexibility index (Phi) is 4.76. The molecule has 0 radical (unpaired) electrons. The van der Waals surface area contributed by atoms with Crippen molar-refractivity contribution in [1.29, 1.82) is 0 Å². The van der Waals surface area contributed by atoms with E-state index in [1.54, 1.807) is 0 Å². The maximum absolute atomic E-state index is 8.12. The van der Waals surface area contributed by atoms with Gasteiger partial charge in [-0.05, 0) is 32.1 Å². The van der Waals surface area contributed by atoms with Crippen LogP contribution in [0.25, 0.3) is 0 Å². The molecule has 0 N–H and O–H groups in total. The Morgan fingerprint density at radius 1 is 0.960 bits per heavy atom. The fraction of sp³-hybridized carbons (Fsp3) is 0.947. The van der Waals surface area contributed by atoms with Gasteiger partial charge in [0.2, 0.25) is 0 Å². The Morgan fingerprint density at radius 3 is 2.40 bits per heavy atom. The average Bonchev–Trinajstić information content (AvgIpc) is 3.11. The maximum atomic E-state index is 8.12. The molecule has 0 aromatic heterocycles. The third kappa shape index (κ3) is 2.98. The fourth-order valence-electron chi connectivity index (χ4n) is 5.62. The van der Waals surface area contributed by atoms with Gasteiger partial charge in [-0.2, -0.15) is 9.59 Å². The van der Waals surface area contributed by atoms with Crippen molar-refractivity contribution in [3.63, 3.8) is 0 Å². The summed E-state index contributed by atoms with van der Waals surface area (Å²) in [6, 6.07) is 0. The lowest BCUT2D eigenvalue weighted by molar-refractivity contribution is -0.215. The van der Waals surface area contributed by atoms with Crippen LogP contribution in [0.1, 0.15) is 71.1 Å². The van der Waals surface area contributed by atoms with Crippen molar-refractivity contribution in [3.05, 3.63) is 0 Å². The molecule has 5 rings (SSSR count). The molecule has 6 heteroatoms. The van der Waals surface area contributed by atoms with E-state index in [4.69, 9.17) is 28.5 Å². The van der Waals surface area contributed by atoms with Crippen molar-refractivity contribution >= 4 is 6.15 Å². The van der Waals surface area contributed by atoms with Crippen LogP contribution in [0.2, 0.25) is 0 Å². The number of rotatable bonds is 1. The van der Waals surface area contributed by atoms with Crippen LogP contribution in [0.4, 0.5) is 0 Å². The molecule has 2 spiro atoms. The number of carbonyl (C=O) groups excluding carboxylic acids is 2. The lowest BCUT2D eigenvalue weighted by Gasteiger charge is -2.44. The quantitative estimate of drug-likeness (QED) is 0.723. The normalized spacial score (nSPS) is 46.5. The van der Waals surface area contributed by atoms with Crippen LogP contribution < -0.4 is 0 Å². The van der Waals surface area contributed by atoms with Gasteiger partial charge in [0.05, 0.1) is 30.0 Å². The number of fused-ring (bicyclic) bond motifs is 3. The second kappa shape index (κ2) is 6.75. The lowest BCUT2D eigenvalue weighted by atomic mass is 9.76. The smallest absolute Gasteiger partial charge is 0.369 e. The zero-order chi connectivity index (χ0) is 17.5. The first-order valence-corrected chi connectivity index (χ1v) is 9.82. The van der Waals surface area contributed by atoms with Gasteiger partial charge in [-0.15, -0.1) is 0 Å². The highest BCUT2D eigenvalue weighted by Gasteiger charge is 2.65. The first-order valence-electron chi connectivity index (χ1n) is 9.82. The van der Waals surface area contributed by atoms with Crippen molar-refractivity contribution in [3.8, 4) is 0 Å². The molecule has 3 heterocycles. The van der Waals surface area contributed by atoms with E-state index in [2.05, 4.69) is 6.92 Å². The number of hydrogen-bond acceptors (Lipinski definition) is 6. The zero-order valence-electron chi connectivity index (χ0n) is 14.9. The molecular weight excluding hydrogens is 324 g/mol. The summed E-state index contributed by atoms with van der Waals surface area (Å²) < 4.78 is 25.9. The molecule has 2 bridgehead atoms. The van der Waals surface area contributed by atoms with Crippen LogP contribution in [0.15, 0.2) is 0 Å². The summed E-state index contributed by atoms with van der Waals surface area (Å²) in [5.41, 5.74) is -0.0890. The van der Waals surface area contributed by atoms with E-state index in [9.17, 15) is 0 Å². The summed E-state index contributed by atoms with van der Waals surface area (Å²) in [6.45, 7) is 2.23. The second-order valence-electron chi connectivity index (χ2n) is 8.16. The van der Waals surface area contributed by atoms with E-state index < -0.39 is 0 Å². The third-order valence-electron chi connectivity index (χ3n) is 6.69. The van der Waals surface area contributed by atoms with E-state index in [0.29, 0.717) is 6.10 Å². The molecule has 6 nitrogen and oxygen atoms in total. The van der Waals surface area contributed by atoms with Gasteiger partial charge in [-0.3, -0.25) is 0 Å². The molecule has 2 aliphatic carbocycles. The van der Waals surface area contributed by atoms with Gasteiger partial charge in [-0.1, -0.05) is 13.3 Å². The van der Waals surface area contributed by atoms with E-state index in [1.807, 2.05) is 0 Å².